The maximum atomic E-state index is 9.21. The van der Waals surface area contributed by atoms with E-state index in [9.17, 15) is 5.11 Å². The summed E-state index contributed by atoms with van der Waals surface area (Å²) in [5.74, 6) is 3.31. The molecule has 1 aromatic heterocycles. The predicted molar refractivity (Wildman–Crippen MR) is 111 cm³/mol. The van der Waals surface area contributed by atoms with Crippen molar-refractivity contribution >= 4 is 5.96 Å². The highest BCUT2D eigenvalue weighted by Crippen LogP contribution is 2.19. The van der Waals surface area contributed by atoms with Crippen LogP contribution in [0.1, 0.15) is 38.9 Å². The Morgan fingerprint density at radius 2 is 2.00 bits per heavy atom. The normalized spacial score (nSPS) is 12.6. The van der Waals surface area contributed by atoms with Gasteiger partial charge in [-0.05, 0) is 49.9 Å². The van der Waals surface area contributed by atoms with Gasteiger partial charge < -0.3 is 20.5 Å². The summed E-state index contributed by atoms with van der Waals surface area (Å²) < 4.78 is 5.17. The Kier molecular flexibility index (Phi) is 9.27. The lowest BCUT2D eigenvalue weighted by molar-refractivity contribution is 0.251. The summed E-state index contributed by atoms with van der Waals surface area (Å²) in [4.78, 5) is 9.11. The molecule has 154 valence electrons. The highest BCUT2D eigenvalue weighted by Gasteiger charge is 2.09. The zero-order valence-electron chi connectivity index (χ0n) is 17.0. The van der Waals surface area contributed by atoms with Crippen LogP contribution in [0.15, 0.2) is 29.3 Å². The molecule has 0 saturated heterocycles. The lowest BCUT2D eigenvalue weighted by Crippen LogP contribution is -2.40. The molecule has 2 rings (SSSR count). The number of ether oxygens (including phenoxy) is 1. The second-order valence-corrected chi connectivity index (χ2v) is 6.58. The molecule has 0 aliphatic rings. The van der Waals surface area contributed by atoms with Crippen LogP contribution in [-0.4, -0.2) is 53.1 Å². The monoisotopic (exact) mass is 388 g/mol. The van der Waals surface area contributed by atoms with Crippen LogP contribution in [0.4, 0.5) is 0 Å². The molecule has 0 bridgehead atoms. The average Bonchev–Trinajstić information content (AvgIpc) is 3.19. The number of guanidine groups is 1. The summed E-state index contributed by atoms with van der Waals surface area (Å²) >= 11 is 0. The van der Waals surface area contributed by atoms with Gasteiger partial charge in [-0.3, -0.25) is 5.10 Å². The molecule has 28 heavy (non-hydrogen) atoms. The number of hydrogen-bond acceptors (Lipinski definition) is 5. The fraction of sp³-hybridized carbons (Fsp3) is 0.550. The number of nitrogens with one attached hydrogen (secondary N) is 3. The number of aliphatic hydroxyl groups excluding tert-OH is 1. The number of hydrogen-bond donors (Lipinski definition) is 4. The van der Waals surface area contributed by atoms with E-state index in [2.05, 4.69) is 37.7 Å². The number of benzene rings is 1. The fourth-order valence-corrected chi connectivity index (χ4v) is 2.91. The van der Waals surface area contributed by atoms with Crippen molar-refractivity contribution in [3.05, 3.63) is 30.1 Å². The minimum atomic E-state index is 0.215. The molecule has 2 aromatic rings. The molecule has 4 N–H and O–H groups in total. The van der Waals surface area contributed by atoms with E-state index in [4.69, 9.17) is 4.74 Å². The van der Waals surface area contributed by atoms with E-state index < -0.39 is 0 Å². The van der Waals surface area contributed by atoms with Gasteiger partial charge >= 0.3 is 0 Å². The largest absolute Gasteiger partial charge is 0.497 e. The highest BCUT2D eigenvalue weighted by molar-refractivity contribution is 5.79. The Balaban J connectivity index is 1.97. The average molecular weight is 389 g/mol. The van der Waals surface area contributed by atoms with Crippen LogP contribution in [0.25, 0.3) is 11.4 Å². The zero-order valence-corrected chi connectivity index (χ0v) is 17.0. The second kappa shape index (κ2) is 12.0. The van der Waals surface area contributed by atoms with Gasteiger partial charge in [-0.15, -0.1) is 0 Å². The molecular weight excluding hydrogens is 356 g/mol. The first-order valence-electron chi connectivity index (χ1n) is 9.88. The van der Waals surface area contributed by atoms with Crippen LogP contribution < -0.4 is 15.4 Å². The second-order valence-electron chi connectivity index (χ2n) is 6.58. The van der Waals surface area contributed by atoms with E-state index in [1.807, 2.05) is 31.2 Å². The standard InChI is InChI=1S/C20H32N6O2/c1-4-6-15(11-12-27)13-22-20(21-5-2)23-14-18-24-19(26-25-18)16-7-9-17(28-3)10-8-16/h7-10,15,27H,4-6,11-14H2,1-3H3,(H2,21,22,23)(H,24,25,26). The minimum Gasteiger partial charge on any atom is -0.497 e. The number of aliphatic imine (C=N–C) groups is 1. The first-order valence-corrected chi connectivity index (χ1v) is 9.88. The highest BCUT2D eigenvalue weighted by atomic mass is 16.5. The van der Waals surface area contributed by atoms with E-state index in [0.29, 0.717) is 24.1 Å². The van der Waals surface area contributed by atoms with Crippen LogP contribution in [0.5, 0.6) is 5.75 Å². The minimum absolute atomic E-state index is 0.215. The molecule has 1 aromatic carbocycles. The van der Waals surface area contributed by atoms with Gasteiger partial charge in [0.25, 0.3) is 0 Å². The van der Waals surface area contributed by atoms with Crippen molar-refractivity contribution in [1.82, 2.24) is 25.8 Å². The van der Waals surface area contributed by atoms with E-state index >= 15 is 0 Å². The number of H-pyrrole nitrogens is 1. The van der Waals surface area contributed by atoms with Crippen molar-refractivity contribution in [2.45, 2.75) is 39.7 Å². The first-order chi connectivity index (χ1) is 13.7. The zero-order chi connectivity index (χ0) is 20.2. The smallest absolute Gasteiger partial charge is 0.191 e. The van der Waals surface area contributed by atoms with Gasteiger partial charge in [-0.1, -0.05) is 13.3 Å². The maximum absolute atomic E-state index is 9.21. The van der Waals surface area contributed by atoms with Crippen LogP contribution in [0.3, 0.4) is 0 Å². The summed E-state index contributed by atoms with van der Waals surface area (Å²) in [6.45, 7) is 6.37. The molecule has 8 heteroatoms. The predicted octanol–water partition coefficient (Wildman–Crippen LogP) is 2.33. The maximum Gasteiger partial charge on any atom is 0.191 e. The molecule has 1 heterocycles. The molecule has 0 radical (unpaired) electrons. The third-order valence-corrected chi connectivity index (χ3v) is 4.40. The molecule has 0 fully saturated rings. The molecule has 0 aliphatic heterocycles. The van der Waals surface area contributed by atoms with E-state index in [1.165, 1.54) is 0 Å². The number of aromatic nitrogens is 3. The van der Waals surface area contributed by atoms with E-state index in [0.717, 1.165) is 49.6 Å². The number of methoxy groups -OCH3 is 1. The molecule has 1 unspecified atom stereocenters. The first kappa shape index (κ1) is 21.7. The quantitative estimate of drug-likeness (QED) is 0.348. The summed E-state index contributed by atoms with van der Waals surface area (Å²) in [7, 11) is 1.64. The summed E-state index contributed by atoms with van der Waals surface area (Å²) in [6, 6.07) is 7.62. The lowest BCUT2D eigenvalue weighted by atomic mass is 10.0. The van der Waals surface area contributed by atoms with Crippen molar-refractivity contribution in [1.29, 1.82) is 0 Å². The van der Waals surface area contributed by atoms with Crippen molar-refractivity contribution < 1.29 is 9.84 Å². The molecule has 0 saturated carbocycles. The van der Waals surface area contributed by atoms with Gasteiger partial charge in [-0.2, -0.15) is 5.10 Å². The van der Waals surface area contributed by atoms with Gasteiger partial charge in [0.05, 0.1) is 7.11 Å². The fourth-order valence-electron chi connectivity index (χ4n) is 2.91. The molecule has 0 amide bonds. The molecule has 1 atom stereocenters. The van der Waals surface area contributed by atoms with Gasteiger partial charge in [-0.25, -0.2) is 9.98 Å². The van der Waals surface area contributed by atoms with Gasteiger partial charge in [0.2, 0.25) is 0 Å². The Labute approximate surface area is 166 Å². The van der Waals surface area contributed by atoms with Gasteiger partial charge in [0.15, 0.2) is 11.8 Å². The number of rotatable bonds is 11. The topological polar surface area (TPSA) is 107 Å². The van der Waals surface area contributed by atoms with E-state index in [1.54, 1.807) is 7.11 Å². The van der Waals surface area contributed by atoms with Crippen molar-refractivity contribution in [3.8, 4) is 17.1 Å². The SMILES string of the molecule is CCCC(CCO)CNC(=NCc1nc(-c2ccc(OC)cc2)n[nH]1)NCC. The summed E-state index contributed by atoms with van der Waals surface area (Å²) in [5, 5.41) is 23.0. The number of aromatic amines is 1. The Morgan fingerprint density at radius 1 is 1.21 bits per heavy atom. The van der Waals surface area contributed by atoms with Crippen molar-refractivity contribution in [2.75, 3.05) is 26.8 Å². The van der Waals surface area contributed by atoms with Crippen molar-refractivity contribution in [2.24, 2.45) is 10.9 Å². The summed E-state index contributed by atoms with van der Waals surface area (Å²) in [6.07, 6.45) is 2.99. The summed E-state index contributed by atoms with van der Waals surface area (Å²) in [5.41, 5.74) is 0.920. The third kappa shape index (κ3) is 6.84. The number of aliphatic hydroxyl groups is 1. The van der Waals surface area contributed by atoms with E-state index in [-0.39, 0.29) is 6.61 Å². The van der Waals surface area contributed by atoms with Crippen LogP contribution >= 0.6 is 0 Å². The van der Waals surface area contributed by atoms with Crippen LogP contribution in [-0.2, 0) is 6.54 Å². The van der Waals surface area contributed by atoms with Crippen molar-refractivity contribution in [3.63, 3.8) is 0 Å². The Bertz CT molecular complexity index is 708. The molecule has 8 nitrogen and oxygen atoms in total. The Hall–Kier alpha value is -2.61. The van der Waals surface area contributed by atoms with Gasteiger partial charge in [0.1, 0.15) is 18.1 Å². The van der Waals surface area contributed by atoms with Crippen LogP contribution in [0, 0.1) is 5.92 Å². The number of nitrogens with zero attached hydrogens (tertiary/aromatic N) is 3. The molecular formula is C20H32N6O2. The molecule has 0 spiro atoms. The lowest BCUT2D eigenvalue weighted by Gasteiger charge is -2.18. The Morgan fingerprint density at radius 3 is 2.64 bits per heavy atom. The third-order valence-electron chi connectivity index (χ3n) is 4.40. The molecule has 0 aliphatic carbocycles. The van der Waals surface area contributed by atoms with Gasteiger partial charge in [0, 0.05) is 25.3 Å². The van der Waals surface area contributed by atoms with Crippen LogP contribution in [0.2, 0.25) is 0 Å².